The van der Waals surface area contributed by atoms with Crippen LogP contribution >= 0.6 is 0 Å². The van der Waals surface area contributed by atoms with E-state index < -0.39 is 10.0 Å². The van der Waals surface area contributed by atoms with Gasteiger partial charge in [0.2, 0.25) is 10.0 Å². The molecule has 2 aromatic rings. The standard InChI is InChI=1S/C16H22N2O2S/c1-4-12(2)11-18(3)21(19,20)16-10-9-15(17)13-7-5-6-8-14(13)16/h5-10,12H,4,11,17H2,1-3H3. The molecule has 4 nitrogen and oxygen atoms in total. The van der Waals surface area contributed by atoms with Crippen molar-refractivity contribution in [2.24, 2.45) is 5.92 Å². The number of nitrogens with two attached hydrogens (primary N) is 1. The summed E-state index contributed by atoms with van der Waals surface area (Å²) in [6.07, 6.45) is 0.947. The Morgan fingerprint density at radius 3 is 2.38 bits per heavy atom. The van der Waals surface area contributed by atoms with Gasteiger partial charge < -0.3 is 5.73 Å². The molecule has 0 saturated carbocycles. The monoisotopic (exact) mass is 306 g/mol. The molecule has 0 radical (unpaired) electrons. The first-order valence-electron chi connectivity index (χ1n) is 7.11. The number of sulfonamides is 1. The van der Waals surface area contributed by atoms with Gasteiger partial charge >= 0.3 is 0 Å². The van der Waals surface area contributed by atoms with Crippen LogP contribution in [-0.2, 0) is 10.0 Å². The van der Waals surface area contributed by atoms with Crippen molar-refractivity contribution in [3.05, 3.63) is 36.4 Å². The quantitative estimate of drug-likeness (QED) is 0.863. The Morgan fingerprint density at radius 1 is 1.14 bits per heavy atom. The molecule has 0 spiro atoms. The number of nitrogen functional groups attached to an aromatic ring is 1. The second-order valence-corrected chi connectivity index (χ2v) is 7.51. The smallest absolute Gasteiger partial charge is 0.243 e. The maximum atomic E-state index is 12.8. The fraction of sp³-hybridized carbons (Fsp3) is 0.375. The van der Waals surface area contributed by atoms with Gasteiger partial charge in [-0.05, 0) is 18.1 Å². The van der Waals surface area contributed by atoms with Crippen molar-refractivity contribution >= 4 is 26.5 Å². The number of nitrogens with zero attached hydrogens (tertiary/aromatic N) is 1. The topological polar surface area (TPSA) is 63.4 Å². The molecule has 0 aliphatic heterocycles. The zero-order valence-electron chi connectivity index (χ0n) is 12.7. The number of hydrogen-bond acceptors (Lipinski definition) is 3. The Labute approximate surface area is 126 Å². The molecule has 2 aromatic carbocycles. The van der Waals surface area contributed by atoms with Crippen LogP contribution in [0, 0.1) is 5.92 Å². The highest BCUT2D eigenvalue weighted by Crippen LogP contribution is 2.29. The maximum Gasteiger partial charge on any atom is 0.243 e. The fourth-order valence-corrected chi connectivity index (χ4v) is 3.84. The van der Waals surface area contributed by atoms with Gasteiger partial charge in [-0.25, -0.2) is 12.7 Å². The van der Waals surface area contributed by atoms with Crippen molar-refractivity contribution in [2.45, 2.75) is 25.2 Å². The van der Waals surface area contributed by atoms with Crippen LogP contribution in [0.2, 0.25) is 0 Å². The lowest BCUT2D eigenvalue weighted by atomic mass is 10.1. The first kappa shape index (κ1) is 15.8. The lowest BCUT2D eigenvalue weighted by Gasteiger charge is -2.21. The molecular weight excluding hydrogens is 284 g/mol. The van der Waals surface area contributed by atoms with Crippen LogP contribution in [0.15, 0.2) is 41.3 Å². The second kappa shape index (κ2) is 6.03. The average Bonchev–Trinajstić information content (AvgIpc) is 2.47. The first-order valence-corrected chi connectivity index (χ1v) is 8.55. The van der Waals surface area contributed by atoms with E-state index in [1.54, 1.807) is 25.2 Å². The van der Waals surface area contributed by atoms with Gasteiger partial charge in [0.1, 0.15) is 0 Å². The summed E-state index contributed by atoms with van der Waals surface area (Å²) >= 11 is 0. The van der Waals surface area contributed by atoms with E-state index in [1.165, 1.54) is 4.31 Å². The molecule has 0 bridgehead atoms. The van der Waals surface area contributed by atoms with Gasteiger partial charge in [-0.15, -0.1) is 0 Å². The Morgan fingerprint density at radius 2 is 1.76 bits per heavy atom. The van der Waals surface area contributed by atoms with Crippen molar-refractivity contribution in [1.29, 1.82) is 0 Å². The third kappa shape index (κ3) is 3.04. The summed E-state index contributed by atoms with van der Waals surface area (Å²) in [5.74, 6) is 0.324. The van der Waals surface area contributed by atoms with Crippen molar-refractivity contribution in [3.8, 4) is 0 Å². The van der Waals surface area contributed by atoms with E-state index >= 15 is 0 Å². The van der Waals surface area contributed by atoms with Crippen LogP contribution < -0.4 is 5.73 Å². The van der Waals surface area contributed by atoms with Crippen LogP contribution in [0.1, 0.15) is 20.3 Å². The zero-order valence-corrected chi connectivity index (χ0v) is 13.5. The Balaban J connectivity index is 2.53. The molecule has 0 fully saturated rings. The SMILES string of the molecule is CCC(C)CN(C)S(=O)(=O)c1ccc(N)c2ccccc12. The number of rotatable bonds is 5. The van der Waals surface area contributed by atoms with E-state index in [2.05, 4.69) is 6.92 Å². The molecule has 21 heavy (non-hydrogen) atoms. The second-order valence-electron chi connectivity index (χ2n) is 5.50. The Bertz CT molecular complexity index is 741. The van der Waals surface area contributed by atoms with Gasteiger partial charge in [0.05, 0.1) is 4.90 Å². The van der Waals surface area contributed by atoms with Crippen molar-refractivity contribution in [2.75, 3.05) is 19.3 Å². The molecule has 1 atom stereocenters. The molecule has 2 rings (SSSR count). The highest BCUT2D eigenvalue weighted by Gasteiger charge is 2.24. The predicted octanol–water partition coefficient (Wildman–Crippen LogP) is 3.09. The van der Waals surface area contributed by atoms with Crippen molar-refractivity contribution < 1.29 is 8.42 Å². The minimum absolute atomic E-state index is 0.318. The summed E-state index contributed by atoms with van der Waals surface area (Å²) in [6, 6.07) is 10.6. The summed E-state index contributed by atoms with van der Waals surface area (Å²) in [7, 11) is -1.88. The molecular formula is C16H22N2O2S. The number of hydrogen-bond donors (Lipinski definition) is 1. The van der Waals surface area contributed by atoms with Crippen LogP contribution in [0.4, 0.5) is 5.69 Å². The number of fused-ring (bicyclic) bond motifs is 1. The molecule has 0 aliphatic rings. The number of benzene rings is 2. The lowest BCUT2D eigenvalue weighted by Crippen LogP contribution is -2.31. The van der Waals surface area contributed by atoms with Gasteiger partial charge in [0.25, 0.3) is 0 Å². The maximum absolute atomic E-state index is 12.8. The Kier molecular flexibility index (Phi) is 4.54. The summed E-state index contributed by atoms with van der Waals surface area (Å²) in [6.45, 7) is 4.62. The summed E-state index contributed by atoms with van der Waals surface area (Å²) in [4.78, 5) is 0.318. The normalized spacial score (nSPS) is 13.7. The van der Waals surface area contributed by atoms with E-state index in [0.717, 1.165) is 11.8 Å². The molecule has 0 saturated heterocycles. The van der Waals surface area contributed by atoms with E-state index in [9.17, 15) is 8.42 Å². The van der Waals surface area contributed by atoms with Crippen LogP contribution in [0.25, 0.3) is 10.8 Å². The van der Waals surface area contributed by atoms with Gasteiger partial charge in [-0.3, -0.25) is 0 Å². The lowest BCUT2D eigenvalue weighted by molar-refractivity contribution is 0.394. The third-order valence-electron chi connectivity index (χ3n) is 3.87. The number of anilines is 1. The van der Waals surface area contributed by atoms with E-state index in [4.69, 9.17) is 5.73 Å². The van der Waals surface area contributed by atoms with E-state index in [1.807, 2.05) is 25.1 Å². The predicted molar refractivity (Wildman–Crippen MR) is 87.6 cm³/mol. The van der Waals surface area contributed by atoms with E-state index in [-0.39, 0.29) is 0 Å². The molecule has 5 heteroatoms. The van der Waals surface area contributed by atoms with Gasteiger partial charge in [-0.1, -0.05) is 44.5 Å². The highest BCUT2D eigenvalue weighted by atomic mass is 32.2. The van der Waals surface area contributed by atoms with Gasteiger partial charge in [0.15, 0.2) is 0 Å². The fourth-order valence-electron chi connectivity index (χ4n) is 2.35. The van der Waals surface area contributed by atoms with Crippen LogP contribution in [0.3, 0.4) is 0 Å². The first-order chi connectivity index (χ1) is 9.87. The summed E-state index contributed by atoms with van der Waals surface area (Å²) in [5, 5.41) is 1.45. The van der Waals surface area contributed by atoms with Crippen molar-refractivity contribution in [1.82, 2.24) is 4.31 Å². The van der Waals surface area contributed by atoms with Crippen molar-refractivity contribution in [3.63, 3.8) is 0 Å². The molecule has 0 amide bonds. The third-order valence-corrected chi connectivity index (χ3v) is 5.75. The molecule has 0 aromatic heterocycles. The minimum Gasteiger partial charge on any atom is -0.398 e. The van der Waals surface area contributed by atoms with Crippen LogP contribution in [-0.4, -0.2) is 26.3 Å². The summed E-state index contributed by atoms with van der Waals surface area (Å²) < 4.78 is 27.0. The zero-order chi connectivity index (χ0) is 15.6. The largest absolute Gasteiger partial charge is 0.398 e. The minimum atomic E-state index is -3.51. The molecule has 0 heterocycles. The highest BCUT2D eigenvalue weighted by molar-refractivity contribution is 7.89. The molecule has 1 unspecified atom stereocenters. The average molecular weight is 306 g/mol. The van der Waals surface area contributed by atoms with Gasteiger partial charge in [0, 0.05) is 30.1 Å². The van der Waals surface area contributed by atoms with Crippen LogP contribution in [0.5, 0.6) is 0 Å². The summed E-state index contributed by atoms with van der Waals surface area (Å²) in [5.41, 5.74) is 6.53. The van der Waals surface area contributed by atoms with Gasteiger partial charge in [-0.2, -0.15) is 0 Å². The van der Waals surface area contributed by atoms with E-state index in [0.29, 0.717) is 28.4 Å². The molecule has 0 aliphatic carbocycles. The molecule has 114 valence electrons. The molecule has 2 N–H and O–H groups in total. The Hall–Kier alpha value is -1.59.